The Bertz CT molecular complexity index is 1140. The SMILES string of the molecule is O[C@@H](COCc1ccco1)CN(Cc1ccc(F)cc1)C[C@@H]1CC(c2ccc3c(c2)OCO3)=NO1. The molecular formula is C26H27FN2O6. The Morgan fingerprint density at radius 1 is 1.11 bits per heavy atom. The minimum Gasteiger partial charge on any atom is -0.467 e. The molecule has 2 aromatic carbocycles. The summed E-state index contributed by atoms with van der Waals surface area (Å²) in [6.45, 7) is 2.08. The predicted octanol–water partition coefficient (Wildman–Crippen LogP) is 3.72. The summed E-state index contributed by atoms with van der Waals surface area (Å²) in [7, 11) is 0. The standard InChI is InChI=1S/C26H27FN2O6/c27-20-6-3-18(4-7-20)12-29(13-21(30)15-31-16-22-2-1-9-32-22)14-23-11-24(28-35-23)19-5-8-25-26(10-19)34-17-33-25/h1-10,21,23,30H,11-17H2/t21-,23+/m1/s1. The third-order valence-electron chi connectivity index (χ3n) is 5.82. The van der Waals surface area contributed by atoms with Crippen molar-refractivity contribution < 1.29 is 33.0 Å². The smallest absolute Gasteiger partial charge is 0.231 e. The Kier molecular flexibility index (Phi) is 7.27. The lowest BCUT2D eigenvalue weighted by Crippen LogP contribution is -2.39. The van der Waals surface area contributed by atoms with E-state index in [2.05, 4.69) is 10.1 Å². The van der Waals surface area contributed by atoms with Gasteiger partial charge in [-0.1, -0.05) is 17.3 Å². The summed E-state index contributed by atoms with van der Waals surface area (Å²) in [6, 6.07) is 15.7. The Morgan fingerprint density at radius 3 is 2.80 bits per heavy atom. The first-order valence-electron chi connectivity index (χ1n) is 11.5. The van der Waals surface area contributed by atoms with Crippen LogP contribution in [-0.4, -0.2) is 54.4 Å². The van der Waals surface area contributed by atoms with Crippen LogP contribution in [0.3, 0.4) is 0 Å². The number of benzene rings is 2. The van der Waals surface area contributed by atoms with Crippen molar-refractivity contribution in [3.63, 3.8) is 0 Å². The lowest BCUT2D eigenvalue weighted by molar-refractivity contribution is -0.00956. The van der Waals surface area contributed by atoms with Crippen LogP contribution in [0.15, 0.2) is 70.4 Å². The summed E-state index contributed by atoms with van der Waals surface area (Å²) < 4.78 is 35.1. The molecule has 0 saturated heterocycles. The van der Waals surface area contributed by atoms with Crippen LogP contribution in [0.4, 0.5) is 4.39 Å². The van der Waals surface area contributed by atoms with Gasteiger partial charge in [0.15, 0.2) is 11.5 Å². The monoisotopic (exact) mass is 482 g/mol. The minimum absolute atomic E-state index is 0.158. The van der Waals surface area contributed by atoms with Crippen LogP contribution in [0.2, 0.25) is 0 Å². The van der Waals surface area contributed by atoms with Gasteiger partial charge in [-0.3, -0.25) is 4.90 Å². The fourth-order valence-corrected chi connectivity index (χ4v) is 4.15. The molecule has 0 saturated carbocycles. The van der Waals surface area contributed by atoms with E-state index in [1.807, 2.05) is 24.3 Å². The lowest BCUT2D eigenvalue weighted by Gasteiger charge is -2.27. The highest BCUT2D eigenvalue weighted by Crippen LogP contribution is 2.33. The van der Waals surface area contributed by atoms with Crippen LogP contribution in [-0.2, 0) is 22.7 Å². The fraction of sp³-hybridized carbons (Fsp3) is 0.346. The number of aliphatic hydroxyl groups excluding tert-OH is 1. The van der Waals surface area contributed by atoms with E-state index in [1.165, 1.54) is 12.1 Å². The molecule has 0 aliphatic carbocycles. The number of aliphatic hydroxyl groups is 1. The summed E-state index contributed by atoms with van der Waals surface area (Å²) >= 11 is 0. The molecule has 0 radical (unpaired) electrons. The Hall–Kier alpha value is -3.40. The quantitative estimate of drug-likeness (QED) is 0.446. The summed E-state index contributed by atoms with van der Waals surface area (Å²) in [5.74, 6) is 1.84. The summed E-state index contributed by atoms with van der Waals surface area (Å²) in [6.07, 6.45) is 1.29. The van der Waals surface area contributed by atoms with Gasteiger partial charge in [0.2, 0.25) is 6.79 Å². The number of ether oxygens (including phenoxy) is 3. The van der Waals surface area contributed by atoms with Crippen molar-refractivity contribution in [1.82, 2.24) is 4.90 Å². The molecule has 0 fully saturated rings. The Morgan fingerprint density at radius 2 is 1.97 bits per heavy atom. The zero-order chi connectivity index (χ0) is 24.0. The lowest BCUT2D eigenvalue weighted by atomic mass is 10.0. The number of furan rings is 1. The first-order chi connectivity index (χ1) is 17.1. The molecule has 2 atom stereocenters. The molecule has 5 rings (SSSR count). The van der Waals surface area contributed by atoms with E-state index < -0.39 is 6.10 Å². The number of hydrogen-bond donors (Lipinski definition) is 1. The highest BCUT2D eigenvalue weighted by atomic mass is 19.1. The summed E-state index contributed by atoms with van der Waals surface area (Å²) in [5, 5.41) is 14.9. The van der Waals surface area contributed by atoms with E-state index in [0.29, 0.717) is 44.2 Å². The molecule has 3 aromatic rings. The van der Waals surface area contributed by atoms with Crippen molar-refractivity contribution >= 4 is 5.71 Å². The molecule has 0 unspecified atom stereocenters. The molecule has 8 nitrogen and oxygen atoms in total. The zero-order valence-electron chi connectivity index (χ0n) is 19.1. The second-order valence-electron chi connectivity index (χ2n) is 8.61. The number of fused-ring (bicyclic) bond motifs is 1. The molecule has 184 valence electrons. The van der Waals surface area contributed by atoms with Crippen LogP contribution in [0.1, 0.15) is 23.3 Å². The average Bonchev–Trinajstić information content (AvgIpc) is 3.62. The average molecular weight is 483 g/mol. The highest BCUT2D eigenvalue weighted by molar-refractivity contribution is 6.01. The van der Waals surface area contributed by atoms with Gasteiger partial charge in [0, 0.05) is 31.6 Å². The summed E-state index contributed by atoms with van der Waals surface area (Å²) in [4.78, 5) is 7.79. The van der Waals surface area contributed by atoms with Crippen molar-refractivity contribution in [2.24, 2.45) is 5.16 Å². The first-order valence-corrected chi connectivity index (χ1v) is 11.5. The van der Waals surface area contributed by atoms with Crippen molar-refractivity contribution in [3.8, 4) is 11.5 Å². The van der Waals surface area contributed by atoms with Gasteiger partial charge in [0.25, 0.3) is 0 Å². The molecule has 1 aromatic heterocycles. The molecule has 1 N–H and O–H groups in total. The predicted molar refractivity (Wildman–Crippen MR) is 125 cm³/mol. The fourth-order valence-electron chi connectivity index (χ4n) is 4.15. The van der Waals surface area contributed by atoms with Crippen molar-refractivity contribution in [1.29, 1.82) is 0 Å². The molecule has 2 aliphatic rings. The maximum Gasteiger partial charge on any atom is 0.231 e. The van der Waals surface area contributed by atoms with E-state index in [-0.39, 0.29) is 25.3 Å². The topological polar surface area (TPSA) is 85.9 Å². The molecule has 0 amide bonds. The molecule has 9 heteroatoms. The number of hydrogen-bond acceptors (Lipinski definition) is 8. The third-order valence-corrected chi connectivity index (χ3v) is 5.82. The van der Waals surface area contributed by atoms with Crippen molar-refractivity contribution in [3.05, 3.63) is 83.6 Å². The van der Waals surface area contributed by atoms with E-state index in [4.69, 9.17) is 23.5 Å². The molecule has 3 heterocycles. The second-order valence-corrected chi connectivity index (χ2v) is 8.61. The largest absolute Gasteiger partial charge is 0.467 e. The number of nitrogens with zero attached hydrogens (tertiary/aromatic N) is 2. The van der Waals surface area contributed by atoms with Gasteiger partial charge < -0.3 is 28.6 Å². The molecular weight excluding hydrogens is 455 g/mol. The highest BCUT2D eigenvalue weighted by Gasteiger charge is 2.27. The van der Waals surface area contributed by atoms with Gasteiger partial charge >= 0.3 is 0 Å². The normalized spacial score (nSPS) is 17.5. The van der Waals surface area contributed by atoms with Gasteiger partial charge in [0.1, 0.15) is 24.3 Å². The van der Waals surface area contributed by atoms with Gasteiger partial charge in [0.05, 0.1) is 24.7 Å². The van der Waals surface area contributed by atoms with Gasteiger partial charge in [-0.25, -0.2) is 4.39 Å². The van der Waals surface area contributed by atoms with Gasteiger partial charge in [-0.2, -0.15) is 0 Å². The van der Waals surface area contributed by atoms with E-state index in [1.54, 1.807) is 24.5 Å². The van der Waals surface area contributed by atoms with Crippen LogP contribution < -0.4 is 9.47 Å². The van der Waals surface area contributed by atoms with Crippen molar-refractivity contribution in [2.45, 2.75) is 31.8 Å². The minimum atomic E-state index is -0.721. The summed E-state index contributed by atoms with van der Waals surface area (Å²) in [5.41, 5.74) is 2.69. The molecule has 0 spiro atoms. The second kappa shape index (κ2) is 10.9. The number of rotatable bonds is 11. The maximum atomic E-state index is 13.4. The van der Waals surface area contributed by atoms with Gasteiger partial charge in [-0.05, 0) is 48.0 Å². The molecule has 2 aliphatic heterocycles. The first kappa shape index (κ1) is 23.3. The Balaban J connectivity index is 1.18. The van der Waals surface area contributed by atoms with Gasteiger partial charge in [-0.15, -0.1) is 0 Å². The molecule has 35 heavy (non-hydrogen) atoms. The van der Waals surface area contributed by atoms with Crippen molar-refractivity contribution in [2.75, 3.05) is 26.5 Å². The van der Waals surface area contributed by atoms with E-state index in [9.17, 15) is 9.50 Å². The maximum absolute atomic E-state index is 13.4. The zero-order valence-corrected chi connectivity index (χ0v) is 19.1. The van der Waals surface area contributed by atoms with Crippen LogP contribution in [0.25, 0.3) is 0 Å². The van der Waals surface area contributed by atoms with Crippen LogP contribution >= 0.6 is 0 Å². The van der Waals surface area contributed by atoms with E-state index in [0.717, 1.165) is 22.6 Å². The number of halogens is 1. The van der Waals surface area contributed by atoms with E-state index >= 15 is 0 Å². The molecule has 0 bridgehead atoms. The van der Waals surface area contributed by atoms with Crippen LogP contribution in [0, 0.1) is 5.82 Å². The third kappa shape index (κ3) is 6.19. The Labute approximate surface area is 202 Å². The number of oxime groups is 1. The van der Waals surface area contributed by atoms with Crippen LogP contribution in [0.5, 0.6) is 11.5 Å².